The van der Waals surface area contributed by atoms with Crippen molar-refractivity contribution in [1.29, 1.82) is 0 Å². The lowest BCUT2D eigenvalue weighted by atomic mass is 9.99. The summed E-state index contributed by atoms with van der Waals surface area (Å²) < 4.78 is 5.51. The molecule has 184 valence electrons. The zero-order valence-electron chi connectivity index (χ0n) is 20.7. The van der Waals surface area contributed by atoms with E-state index in [1.165, 1.54) is 0 Å². The van der Waals surface area contributed by atoms with E-state index in [1.807, 2.05) is 22.8 Å². The minimum absolute atomic E-state index is 0.0885. The summed E-state index contributed by atoms with van der Waals surface area (Å²) >= 11 is 0. The van der Waals surface area contributed by atoms with E-state index in [4.69, 9.17) is 4.74 Å². The topological polar surface area (TPSA) is 103 Å². The SMILES string of the molecule is Cc1ccnc(Nc2n[nH]c3c2CN(C(=O)N2CCN(CC4CCOCC4)C[C@@H]2C)C3(C)C)n1. The van der Waals surface area contributed by atoms with Crippen molar-refractivity contribution in [3.63, 3.8) is 0 Å². The molecule has 0 aliphatic carbocycles. The molecule has 0 aromatic carbocycles. The van der Waals surface area contributed by atoms with Crippen LogP contribution in [0.25, 0.3) is 0 Å². The third kappa shape index (κ3) is 4.36. The Morgan fingerprint density at radius 1 is 1.29 bits per heavy atom. The standard InChI is InChI=1S/C24H36N8O2/c1-16-5-8-25-22(26-16)27-21-19-15-32(24(3,4)20(19)28-29-21)23(33)31-10-9-30(13-17(31)2)14-18-6-11-34-12-7-18/h5,8,17-18H,6-7,9-15H2,1-4H3,(H2,25,26,27,28,29)/t17-/m0/s1. The molecule has 2 fully saturated rings. The molecule has 3 aliphatic heterocycles. The average molecular weight is 469 g/mol. The van der Waals surface area contributed by atoms with Crippen LogP contribution in [-0.2, 0) is 16.8 Å². The molecular weight excluding hydrogens is 432 g/mol. The lowest BCUT2D eigenvalue weighted by molar-refractivity contribution is 0.0290. The van der Waals surface area contributed by atoms with Crippen LogP contribution in [-0.4, -0.2) is 86.3 Å². The summed E-state index contributed by atoms with van der Waals surface area (Å²) in [6, 6.07) is 2.12. The highest BCUT2D eigenvalue weighted by Crippen LogP contribution is 2.41. The van der Waals surface area contributed by atoms with Gasteiger partial charge in [0.2, 0.25) is 5.95 Å². The first-order valence-corrected chi connectivity index (χ1v) is 12.4. The molecule has 5 heterocycles. The number of anilines is 2. The first kappa shape index (κ1) is 23.0. The van der Waals surface area contributed by atoms with Crippen LogP contribution in [0.5, 0.6) is 0 Å². The Hall–Kier alpha value is -2.72. The summed E-state index contributed by atoms with van der Waals surface area (Å²) in [5.74, 6) is 1.89. The second-order valence-electron chi connectivity index (χ2n) is 10.4. The summed E-state index contributed by atoms with van der Waals surface area (Å²) in [4.78, 5) is 29.0. The van der Waals surface area contributed by atoms with Crippen LogP contribution < -0.4 is 5.32 Å². The van der Waals surface area contributed by atoms with Crippen molar-refractivity contribution in [2.75, 3.05) is 44.7 Å². The summed E-state index contributed by atoms with van der Waals surface area (Å²) in [5.41, 5.74) is 2.36. The molecule has 0 unspecified atom stereocenters. The van der Waals surface area contributed by atoms with E-state index in [-0.39, 0.29) is 12.1 Å². The second-order valence-corrected chi connectivity index (χ2v) is 10.4. The number of aromatic amines is 1. The number of nitrogens with zero attached hydrogens (tertiary/aromatic N) is 6. The van der Waals surface area contributed by atoms with Crippen molar-refractivity contribution in [3.8, 4) is 0 Å². The van der Waals surface area contributed by atoms with Gasteiger partial charge in [-0.15, -0.1) is 0 Å². The summed E-state index contributed by atoms with van der Waals surface area (Å²) in [7, 11) is 0. The molecule has 0 radical (unpaired) electrons. The average Bonchev–Trinajstić information content (AvgIpc) is 3.32. The molecule has 0 spiro atoms. The molecule has 10 heteroatoms. The van der Waals surface area contributed by atoms with Gasteiger partial charge in [0.25, 0.3) is 0 Å². The van der Waals surface area contributed by atoms with Crippen molar-refractivity contribution in [3.05, 3.63) is 29.2 Å². The van der Waals surface area contributed by atoms with Gasteiger partial charge in [-0.25, -0.2) is 14.8 Å². The van der Waals surface area contributed by atoms with E-state index in [0.29, 0.717) is 24.2 Å². The highest BCUT2D eigenvalue weighted by Gasteiger charge is 2.46. The maximum absolute atomic E-state index is 13.7. The number of carbonyl (C=O) groups excluding carboxylic acids is 1. The van der Waals surface area contributed by atoms with Gasteiger partial charge >= 0.3 is 6.03 Å². The molecule has 2 saturated heterocycles. The molecule has 2 N–H and O–H groups in total. The number of rotatable bonds is 4. The molecule has 5 rings (SSSR count). The Balaban J connectivity index is 1.25. The number of aryl methyl sites for hydroxylation is 1. The molecule has 2 aromatic heterocycles. The van der Waals surface area contributed by atoms with Gasteiger partial charge in [-0.2, -0.15) is 5.10 Å². The summed E-state index contributed by atoms with van der Waals surface area (Å²) in [6.07, 6.45) is 4.01. The van der Waals surface area contributed by atoms with E-state index < -0.39 is 5.54 Å². The number of hydrogen-bond acceptors (Lipinski definition) is 7. The number of amides is 2. The van der Waals surface area contributed by atoms with Crippen LogP contribution in [0.2, 0.25) is 0 Å². The van der Waals surface area contributed by atoms with Gasteiger partial charge in [-0.05, 0) is 52.5 Å². The van der Waals surface area contributed by atoms with Gasteiger partial charge in [0, 0.05) is 62.9 Å². The third-order valence-electron chi connectivity index (χ3n) is 7.54. The van der Waals surface area contributed by atoms with Crippen molar-refractivity contribution in [1.82, 2.24) is 34.9 Å². The van der Waals surface area contributed by atoms with Gasteiger partial charge in [-0.1, -0.05) is 0 Å². The van der Waals surface area contributed by atoms with Gasteiger partial charge in [-0.3, -0.25) is 10.00 Å². The molecule has 0 bridgehead atoms. The lowest BCUT2D eigenvalue weighted by Crippen LogP contribution is -2.59. The summed E-state index contributed by atoms with van der Waals surface area (Å²) in [5, 5.41) is 10.8. The van der Waals surface area contributed by atoms with Crippen LogP contribution >= 0.6 is 0 Å². The van der Waals surface area contributed by atoms with E-state index in [2.05, 4.69) is 51.2 Å². The first-order chi connectivity index (χ1) is 16.3. The highest BCUT2D eigenvalue weighted by atomic mass is 16.5. The number of hydrogen-bond donors (Lipinski definition) is 2. The number of fused-ring (bicyclic) bond motifs is 1. The largest absolute Gasteiger partial charge is 0.381 e. The van der Waals surface area contributed by atoms with Gasteiger partial charge in [0.05, 0.1) is 17.8 Å². The van der Waals surface area contributed by atoms with Crippen molar-refractivity contribution in [2.24, 2.45) is 5.92 Å². The number of ether oxygens (including phenoxy) is 1. The number of carbonyl (C=O) groups is 1. The molecule has 0 saturated carbocycles. The fourth-order valence-corrected chi connectivity index (χ4v) is 5.47. The van der Waals surface area contributed by atoms with Crippen molar-refractivity contribution < 1.29 is 9.53 Å². The van der Waals surface area contributed by atoms with Crippen LogP contribution in [0.15, 0.2) is 12.3 Å². The fourth-order valence-electron chi connectivity index (χ4n) is 5.47. The highest BCUT2D eigenvalue weighted by molar-refractivity contribution is 5.78. The Labute approximate surface area is 201 Å². The van der Waals surface area contributed by atoms with Crippen LogP contribution in [0.1, 0.15) is 50.6 Å². The maximum Gasteiger partial charge on any atom is 0.321 e. The van der Waals surface area contributed by atoms with Crippen molar-refractivity contribution >= 4 is 17.8 Å². The molecule has 34 heavy (non-hydrogen) atoms. The Morgan fingerprint density at radius 2 is 2.09 bits per heavy atom. The molecule has 2 aromatic rings. The maximum atomic E-state index is 13.7. The predicted molar refractivity (Wildman–Crippen MR) is 129 cm³/mol. The Morgan fingerprint density at radius 3 is 2.82 bits per heavy atom. The predicted octanol–water partition coefficient (Wildman–Crippen LogP) is 2.86. The minimum atomic E-state index is -0.480. The number of H-pyrrole nitrogens is 1. The van der Waals surface area contributed by atoms with E-state index >= 15 is 0 Å². The van der Waals surface area contributed by atoms with E-state index in [9.17, 15) is 4.79 Å². The summed E-state index contributed by atoms with van der Waals surface area (Å²) in [6.45, 7) is 14.2. The van der Waals surface area contributed by atoms with Crippen LogP contribution in [0, 0.1) is 12.8 Å². The normalized spacial score (nSPS) is 23.2. The van der Waals surface area contributed by atoms with E-state index in [1.54, 1.807) is 6.20 Å². The molecule has 10 nitrogen and oxygen atoms in total. The molecular formula is C24H36N8O2. The quantitative estimate of drug-likeness (QED) is 0.711. The van der Waals surface area contributed by atoms with Gasteiger partial charge in [0.1, 0.15) is 0 Å². The Bertz CT molecular complexity index is 1030. The molecule has 1 atom stereocenters. The molecule has 3 aliphatic rings. The van der Waals surface area contributed by atoms with E-state index in [0.717, 1.165) is 69.2 Å². The zero-order valence-corrected chi connectivity index (χ0v) is 20.7. The monoisotopic (exact) mass is 468 g/mol. The minimum Gasteiger partial charge on any atom is -0.381 e. The zero-order chi connectivity index (χ0) is 23.9. The van der Waals surface area contributed by atoms with Crippen molar-refractivity contribution in [2.45, 2.75) is 58.7 Å². The fraction of sp³-hybridized carbons (Fsp3) is 0.667. The second kappa shape index (κ2) is 9.14. The third-order valence-corrected chi connectivity index (χ3v) is 7.54. The lowest BCUT2D eigenvalue weighted by Gasteiger charge is -2.44. The van der Waals surface area contributed by atoms with Gasteiger partial charge in [0.15, 0.2) is 5.82 Å². The smallest absolute Gasteiger partial charge is 0.321 e. The molecule has 2 amide bonds. The van der Waals surface area contributed by atoms with Crippen LogP contribution in [0.3, 0.4) is 0 Å². The number of urea groups is 1. The Kier molecular flexibility index (Phi) is 6.20. The first-order valence-electron chi connectivity index (χ1n) is 12.4. The number of piperazine rings is 1. The number of aromatic nitrogens is 4. The van der Waals surface area contributed by atoms with Crippen LogP contribution in [0.4, 0.5) is 16.6 Å². The van der Waals surface area contributed by atoms with Gasteiger partial charge < -0.3 is 19.9 Å². The number of nitrogens with one attached hydrogen (secondary N) is 2.